The Morgan fingerprint density at radius 1 is 1.22 bits per heavy atom. The fraction of sp³-hybridized carbons (Fsp3) is 0. The van der Waals surface area contributed by atoms with Gasteiger partial charge in [0.1, 0.15) is 10.7 Å². The third-order valence-corrected chi connectivity index (χ3v) is 4.48. The van der Waals surface area contributed by atoms with Crippen LogP contribution in [0, 0.1) is 0 Å². The van der Waals surface area contributed by atoms with E-state index >= 15 is 0 Å². The van der Waals surface area contributed by atoms with Crippen LogP contribution in [-0.4, -0.2) is 25.4 Å². The zero-order valence-corrected chi connectivity index (χ0v) is 12.7. The predicted octanol–water partition coefficient (Wildman–Crippen LogP) is 3.81. The summed E-state index contributed by atoms with van der Waals surface area (Å²) in [5.41, 5.74) is 2.94. The van der Waals surface area contributed by atoms with Crippen LogP contribution in [-0.2, 0) is 0 Å². The van der Waals surface area contributed by atoms with Gasteiger partial charge in [0.25, 0.3) is 0 Å². The number of rotatable bonds is 3. The van der Waals surface area contributed by atoms with E-state index < -0.39 is 5.97 Å². The first-order valence-corrected chi connectivity index (χ1v) is 7.76. The van der Waals surface area contributed by atoms with Crippen LogP contribution < -0.4 is 0 Å². The van der Waals surface area contributed by atoms with Gasteiger partial charge in [0.2, 0.25) is 0 Å². The Hall–Kier alpha value is -2.99. The van der Waals surface area contributed by atoms with Crippen LogP contribution in [0.2, 0.25) is 0 Å². The quantitative estimate of drug-likeness (QED) is 0.623. The van der Waals surface area contributed by atoms with Gasteiger partial charge in [0.15, 0.2) is 0 Å². The van der Waals surface area contributed by atoms with E-state index in [0.717, 1.165) is 26.6 Å². The van der Waals surface area contributed by atoms with E-state index in [1.54, 1.807) is 18.2 Å². The molecule has 0 unspecified atom stereocenters. The highest BCUT2D eigenvalue weighted by atomic mass is 32.1. The molecular weight excluding hydrogens is 310 g/mol. The summed E-state index contributed by atoms with van der Waals surface area (Å²) < 4.78 is 2.86. The minimum atomic E-state index is -0.928. The molecule has 0 saturated heterocycles. The molecule has 0 radical (unpaired) electrons. The lowest BCUT2D eigenvalue weighted by Crippen LogP contribution is -1.94. The second-order valence-electron chi connectivity index (χ2n) is 4.98. The first-order chi connectivity index (χ1) is 11.2. The average Bonchev–Trinajstić information content (AvgIpc) is 3.15. The number of hydrogen-bond acceptors (Lipinski definition) is 4. The van der Waals surface area contributed by atoms with Crippen LogP contribution in [0.4, 0.5) is 0 Å². The molecular formula is C17H11N3O2S. The normalized spacial score (nSPS) is 11.7. The SMILES string of the molecule is O=C(O)c1ccc2nc(/C=C/c3cnc4ccccn34)sc2c1. The summed E-state index contributed by atoms with van der Waals surface area (Å²) in [6.07, 6.45) is 7.64. The molecule has 1 aromatic carbocycles. The number of imidazole rings is 1. The van der Waals surface area contributed by atoms with Gasteiger partial charge in [-0.2, -0.15) is 0 Å². The number of hydrogen-bond donors (Lipinski definition) is 1. The molecule has 3 aromatic heterocycles. The third kappa shape index (κ3) is 2.49. The molecule has 0 bridgehead atoms. The van der Waals surface area contributed by atoms with Crippen molar-refractivity contribution in [3.8, 4) is 0 Å². The van der Waals surface area contributed by atoms with Crippen LogP contribution in [0.5, 0.6) is 0 Å². The average molecular weight is 321 g/mol. The van der Waals surface area contributed by atoms with Crippen molar-refractivity contribution in [2.24, 2.45) is 0 Å². The van der Waals surface area contributed by atoms with E-state index in [1.807, 2.05) is 47.1 Å². The predicted molar refractivity (Wildman–Crippen MR) is 90.7 cm³/mol. The molecule has 0 aliphatic carbocycles. The number of carboxylic acids is 1. The lowest BCUT2D eigenvalue weighted by Gasteiger charge is -1.94. The van der Waals surface area contributed by atoms with Gasteiger partial charge in [0, 0.05) is 6.20 Å². The Bertz CT molecular complexity index is 1060. The van der Waals surface area contributed by atoms with E-state index in [0.29, 0.717) is 0 Å². The number of thiazole rings is 1. The van der Waals surface area contributed by atoms with Gasteiger partial charge in [-0.25, -0.2) is 14.8 Å². The number of carboxylic acid groups (broad SMARTS) is 1. The van der Waals surface area contributed by atoms with Crippen molar-refractivity contribution in [3.05, 3.63) is 65.1 Å². The third-order valence-electron chi connectivity index (χ3n) is 3.49. The van der Waals surface area contributed by atoms with Crippen molar-refractivity contribution < 1.29 is 9.90 Å². The summed E-state index contributed by atoms with van der Waals surface area (Å²) in [6.45, 7) is 0. The highest BCUT2D eigenvalue weighted by Crippen LogP contribution is 2.25. The molecule has 5 nitrogen and oxygen atoms in total. The van der Waals surface area contributed by atoms with Crippen molar-refractivity contribution >= 4 is 45.3 Å². The molecule has 0 aliphatic rings. The number of pyridine rings is 1. The van der Waals surface area contributed by atoms with Crippen molar-refractivity contribution in [2.75, 3.05) is 0 Å². The van der Waals surface area contributed by atoms with Gasteiger partial charge in [-0.3, -0.25) is 0 Å². The summed E-state index contributed by atoms with van der Waals surface area (Å²) >= 11 is 1.47. The lowest BCUT2D eigenvalue weighted by molar-refractivity contribution is 0.0697. The number of carbonyl (C=O) groups is 1. The summed E-state index contributed by atoms with van der Waals surface area (Å²) in [5.74, 6) is -0.928. The second kappa shape index (κ2) is 5.33. The Morgan fingerprint density at radius 3 is 3.00 bits per heavy atom. The largest absolute Gasteiger partial charge is 0.478 e. The number of benzene rings is 1. The Labute approximate surface area is 135 Å². The first-order valence-electron chi connectivity index (χ1n) is 6.95. The maximum Gasteiger partial charge on any atom is 0.335 e. The van der Waals surface area contributed by atoms with Gasteiger partial charge in [-0.15, -0.1) is 11.3 Å². The Kier molecular flexibility index (Phi) is 3.17. The monoisotopic (exact) mass is 321 g/mol. The number of nitrogens with zero attached hydrogens (tertiary/aromatic N) is 3. The fourth-order valence-corrected chi connectivity index (χ4v) is 3.29. The van der Waals surface area contributed by atoms with E-state index in [-0.39, 0.29) is 5.56 Å². The Balaban J connectivity index is 1.70. The molecule has 4 aromatic rings. The minimum absolute atomic E-state index is 0.276. The van der Waals surface area contributed by atoms with Gasteiger partial charge in [-0.05, 0) is 42.5 Å². The van der Waals surface area contributed by atoms with E-state index in [1.165, 1.54) is 11.3 Å². The molecule has 4 rings (SSSR count). The molecule has 0 saturated carbocycles. The summed E-state index contributed by atoms with van der Waals surface area (Å²) in [6, 6.07) is 10.8. The second-order valence-corrected chi connectivity index (χ2v) is 6.05. The van der Waals surface area contributed by atoms with Gasteiger partial charge in [0.05, 0.1) is 27.7 Å². The zero-order chi connectivity index (χ0) is 15.8. The van der Waals surface area contributed by atoms with Gasteiger partial charge in [-0.1, -0.05) is 6.07 Å². The molecule has 0 fully saturated rings. The van der Waals surface area contributed by atoms with E-state index in [2.05, 4.69) is 9.97 Å². The molecule has 23 heavy (non-hydrogen) atoms. The van der Waals surface area contributed by atoms with Crippen LogP contribution in [0.3, 0.4) is 0 Å². The molecule has 0 aliphatic heterocycles. The number of aromatic carboxylic acids is 1. The molecule has 0 amide bonds. The van der Waals surface area contributed by atoms with Crippen LogP contribution >= 0.6 is 11.3 Å². The highest BCUT2D eigenvalue weighted by Gasteiger charge is 2.07. The molecule has 112 valence electrons. The smallest absolute Gasteiger partial charge is 0.335 e. The zero-order valence-electron chi connectivity index (χ0n) is 11.9. The van der Waals surface area contributed by atoms with Crippen LogP contribution in [0.15, 0.2) is 48.8 Å². The van der Waals surface area contributed by atoms with Crippen LogP contribution in [0.1, 0.15) is 21.1 Å². The maximum atomic E-state index is 11.0. The maximum absolute atomic E-state index is 11.0. The molecule has 0 spiro atoms. The Morgan fingerprint density at radius 2 is 2.13 bits per heavy atom. The molecule has 3 heterocycles. The number of aromatic nitrogens is 3. The first kappa shape index (κ1) is 13.7. The van der Waals surface area contributed by atoms with Crippen molar-refractivity contribution in [1.29, 1.82) is 0 Å². The van der Waals surface area contributed by atoms with E-state index in [4.69, 9.17) is 5.11 Å². The van der Waals surface area contributed by atoms with Crippen molar-refractivity contribution in [1.82, 2.24) is 14.4 Å². The summed E-state index contributed by atoms with van der Waals surface area (Å²) in [5, 5.41) is 9.87. The standard InChI is InChI=1S/C17H11N3O2S/c21-17(22)11-4-6-13-14(9-11)23-16(19-13)7-5-12-10-18-15-3-1-2-8-20(12)15/h1-10H,(H,21,22)/b7-5+. The van der Waals surface area contributed by atoms with Crippen molar-refractivity contribution in [3.63, 3.8) is 0 Å². The number of fused-ring (bicyclic) bond motifs is 2. The minimum Gasteiger partial charge on any atom is -0.478 e. The summed E-state index contributed by atoms with van der Waals surface area (Å²) in [7, 11) is 0. The van der Waals surface area contributed by atoms with Crippen molar-refractivity contribution in [2.45, 2.75) is 0 Å². The molecule has 6 heteroatoms. The van der Waals surface area contributed by atoms with Crippen LogP contribution in [0.25, 0.3) is 28.0 Å². The lowest BCUT2D eigenvalue weighted by atomic mass is 10.2. The molecule has 0 atom stereocenters. The topological polar surface area (TPSA) is 67.5 Å². The summed E-state index contributed by atoms with van der Waals surface area (Å²) in [4.78, 5) is 19.9. The van der Waals surface area contributed by atoms with Gasteiger partial charge < -0.3 is 9.51 Å². The van der Waals surface area contributed by atoms with E-state index in [9.17, 15) is 4.79 Å². The van der Waals surface area contributed by atoms with Gasteiger partial charge >= 0.3 is 5.97 Å². The fourth-order valence-electron chi connectivity index (χ4n) is 2.38. The highest BCUT2D eigenvalue weighted by molar-refractivity contribution is 7.19. The molecule has 1 N–H and O–H groups in total.